The molecule has 0 radical (unpaired) electrons. The topological polar surface area (TPSA) is 20.3 Å². The van der Waals surface area contributed by atoms with Crippen LogP contribution in [0.5, 0.6) is 0 Å². The van der Waals surface area contributed by atoms with Gasteiger partial charge in [-0.15, -0.1) is 0 Å². The largest absolute Gasteiger partial charge is 0.303 e. The lowest BCUT2D eigenvalue weighted by atomic mass is 10.0. The van der Waals surface area contributed by atoms with Gasteiger partial charge in [-0.25, -0.2) is 0 Å². The molecular weight excluding hydrogens is 258 g/mol. The minimum absolute atomic E-state index is 0.105. The molecule has 21 heavy (non-hydrogen) atoms. The van der Waals surface area contributed by atoms with E-state index in [1.54, 1.807) is 0 Å². The number of carbonyl (C=O) groups excluding carboxylic acids is 1. The molecule has 2 nitrogen and oxygen atoms in total. The number of amides is 1. The van der Waals surface area contributed by atoms with Crippen molar-refractivity contribution < 1.29 is 4.79 Å². The van der Waals surface area contributed by atoms with E-state index >= 15 is 0 Å². The molecule has 3 aromatic carbocycles. The Morgan fingerprint density at radius 2 is 1.71 bits per heavy atom. The summed E-state index contributed by atoms with van der Waals surface area (Å²) in [5, 5.41) is 2.23. The van der Waals surface area contributed by atoms with Crippen LogP contribution in [0, 0.1) is 6.92 Å². The smallest absolute Gasteiger partial charge is 0.259 e. The van der Waals surface area contributed by atoms with Gasteiger partial charge in [-0.2, -0.15) is 0 Å². The fourth-order valence-corrected chi connectivity index (χ4v) is 3.15. The molecule has 0 atom stereocenters. The Labute approximate surface area is 123 Å². The maximum atomic E-state index is 12.8. The average Bonchev–Trinajstić information content (AvgIpc) is 2.80. The van der Waals surface area contributed by atoms with Crippen LogP contribution in [0.15, 0.2) is 60.7 Å². The minimum Gasteiger partial charge on any atom is -0.303 e. The van der Waals surface area contributed by atoms with E-state index in [9.17, 15) is 4.79 Å². The summed E-state index contributed by atoms with van der Waals surface area (Å²) in [5.41, 5.74) is 4.19. The third-order valence-corrected chi connectivity index (χ3v) is 4.15. The highest BCUT2D eigenvalue weighted by Crippen LogP contribution is 2.40. The van der Waals surface area contributed by atoms with E-state index in [2.05, 4.69) is 37.3 Å². The molecule has 1 aliphatic heterocycles. The minimum atomic E-state index is 0.105. The van der Waals surface area contributed by atoms with Gasteiger partial charge in [0.05, 0.1) is 12.2 Å². The van der Waals surface area contributed by atoms with Gasteiger partial charge >= 0.3 is 0 Å². The summed E-state index contributed by atoms with van der Waals surface area (Å²) in [6, 6.07) is 20.3. The van der Waals surface area contributed by atoms with Gasteiger partial charge in [-0.1, -0.05) is 54.6 Å². The summed E-state index contributed by atoms with van der Waals surface area (Å²) in [6.07, 6.45) is 0. The molecule has 2 heteroatoms. The number of anilines is 1. The monoisotopic (exact) mass is 273 g/mol. The van der Waals surface area contributed by atoms with E-state index < -0.39 is 0 Å². The number of aryl methyl sites for hydroxylation is 1. The van der Waals surface area contributed by atoms with Gasteiger partial charge in [0.2, 0.25) is 0 Å². The molecular formula is C19H15NO. The molecule has 4 rings (SSSR count). The van der Waals surface area contributed by atoms with Crippen molar-refractivity contribution in [3.05, 3.63) is 77.4 Å². The van der Waals surface area contributed by atoms with Gasteiger partial charge in [-0.3, -0.25) is 4.79 Å². The number of hydrogen-bond acceptors (Lipinski definition) is 1. The van der Waals surface area contributed by atoms with Crippen LogP contribution in [0.25, 0.3) is 10.8 Å². The number of hydrogen-bond donors (Lipinski definition) is 0. The summed E-state index contributed by atoms with van der Waals surface area (Å²) in [7, 11) is 0. The van der Waals surface area contributed by atoms with Crippen LogP contribution in [-0.2, 0) is 6.54 Å². The zero-order valence-electron chi connectivity index (χ0n) is 11.8. The zero-order valence-corrected chi connectivity index (χ0v) is 11.8. The van der Waals surface area contributed by atoms with Crippen LogP contribution in [0.4, 0.5) is 5.69 Å². The van der Waals surface area contributed by atoms with Crippen molar-refractivity contribution in [2.45, 2.75) is 13.5 Å². The van der Waals surface area contributed by atoms with Crippen molar-refractivity contribution >= 4 is 22.4 Å². The van der Waals surface area contributed by atoms with Crippen LogP contribution in [0.3, 0.4) is 0 Å². The first-order valence-electron chi connectivity index (χ1n) is 7.14. The van der Waals surface area contributed by atoms with Crippen LogP contribution < -0.4 is 4.90 Å². The average molecular weight is 273 g/mol. The van der Waals surface area contributed by atoms with Gasteiger partial charge in [0.15, 0.2) is 0 Å². The van der Waals surface area contributed by atoms with E-state index in [0.29, 0.717) is 6.54 Å². The van der Waals surface area contributed by atoms with Crippen molar-refractivity contribution in [1.29, 1.82) is 0 Å². The van der Waals surface area contributed by atoms with E-state index in [-0.39, 0.29) is 5.91 Å². The van der Waals surface area contributed by atoms with Crippen molar-refractivity contribution in [2.24, 2.45) is 0 Å². The highest BCUT2D eigenvalue weighted by molar-refractivity contribution is 6.25. The van der Waals surface area contributed by atoms with E-state index in [1.165, 1.54) is 0 Å². The molecule has 0 bridgehead atoms. The lowest BCUT2D eigenvalue weighted by Crippen LogP contribution is -2.26. The Morgan fingerprint density at radius 1 is 0.905 bits per heavy atom. The van der Waals surface area contributed by atoms with Gasteiger partial charge in [-0.05, 0) is 29.5 Å². The zero-order chi connectivity index (χ0) is 14.4. The third-order valence-electron chi connectivity index (χ3n) is 4.15. The molecule has 0 N–H and O–H groups in total. The molecule has 0 spiro atoms. The standard InChI is InChI=1S/C19H15NO/c1-13-10-11-15-8-5-9-16-17(15)18(13)20(19(16)21)12-14-6-3-2-4-7-14/h2-11H,12H2,1H3. The molecule has 1 aliphatic rings. The molecule has 1 heterocycles. The summed E-state index contributed by atoms with van der Waals surface area (Å²) in [5.74, 6) is 0.105. The van der Waals surface area contributed by atoms with Gasteiger partial charge in [0.1, 0.15) is 0 Å². The Kier molecular flexibility index (Phi) is 2.58. The summed E-state index contributed by atoms with van der Waals surface area (Å²) < 4.78 is 0. The first-order valence-corrected chi connectivity index (χ1v) is 7.14. The first kappa shape index (κ1) is 12.2. The molecule has 3 aromatic rings. The van der Waals surface area contributed by atoms with Crippen molar-refractivity contribution in [1.82, 2.24) is 0 Å². The quantitative estimate of drug-likeness (QED) is 0.681. The van der Waals surface area contributed by atoms with Crippen LogP contribution >= 0.6 is 0 Å². The van der Waals surface area contributed by atoms with Crippen molar-refractivity contribution in [2.75, 3.05) is 4.90 Å². The molecule has 0 unspecified atom stereocenters. The number of nitrogens with zero attached hydrogens (tertiary/aromatic N) is 1. The first-order chi connectivity index (χ1) is 10.3. The van der Waals surface area contributed by atoms with Gasteiger partial charge in [0, 0.05) is 10.9 Å². The fourth-order valence-electron chi connectivity index (χ4n) is 3.15. The lowest BCUT2D eigenvalue weighted by Gasteiger charge is -2.19. The van der Waals surface area contributed by atoms with E-state index in [1.807, 2.05) is 35.2 Å². The maximum Gasteiger partial charge on any atom is 0.259 e. The molecule has 0 aliphatic carbocycles. The maximum absolute atomic E-state index is 12.8. The second-order valence-corrected chi connectivity index (χ2v) is 5.51. The predicted octanol–water partition coefficient (Wildman–Crippen LogP) is 4.31. The van der Waals surface area contributed by atoms with Crippen LogP contribution in [-0.4, -0.2) is 5.91 Å². The Hall–Kier alpha value is -2.61. The Bertz CT molecular complexity index is 852. The third kappa shape index (κ3) is 1.76. The number of carbonyl (C=O) groups is 1. The SMILES string of the molecule is Cc1ccc2cccc3c2c1N(Cc1ccccc1)C3=O. The van der Waals surface area contributed by atoms with Crippen molar-refractivity contribution in [3.8, 4) is 0 Å². The second-order valence-electron chi connectivity index (χ2n) is 5.51. The predicted molar refractivity (Wildman–Crippen MR) is 85.6 cm³/mol. The van der Waals surface area contributed by atoms with Crippen molar-refractivity contribution in [3.63, 3.8) is 0 Å². The lowest BCUT2D eigenvalue weighted by molar-refractivity contribution is 0.0991. The summed E-state index contributed by atoms with van der Waals surface area (Å²) in [6.45, 7) is 2.69. The highest BCUT2D eigenvalue weighted by Gasteiger charge is 2.30. The molecule has 102 valence electrons. The van der Waals surface area contributed by atoms with E-state index in [4.69, 9.17) is 0 Å². The van der Waals surface area contributed by atoms with E-state index in [0.717, 1.165) is 33.2 Å². The molecule has 0 saturated carbocycles. The Balaban J connectivity index is 1.90. The normalized spacial score (nSPS) is 13.2. The Morgan fingerprint density at radius 3 is 2.52 bits per heavy atom. The molecule has 1 amide bonds. The fraction of sp³-hybridized carbons (Fsp3) is 0.105. The van der Waals surface area contributed by atoms with Gasteiger partial charge < -0.3 is 4.90 Å². The molecule has 0 fully saturated rings. The van der Waals surface area contributed by atoms with Crippen LogP contribution in [0.1, 0.15) is 21.5 Å². The molecule has 0 saturated heterocycles. The summed E-state index contributed by atoms with van der Waals surface area (Å²) >= 11 is 0. The van der Waals surface area contributed by atoms with Gasteiger partial charge in [0.25, 0.3) is 5.91 Å². The number of benzene rings is 3. The number of rotatable bonds is 2. The second kappa shape index (κ2) is 4.45. The van der Waals surface area contributed by atoms with Crippen LogP contribution in [0.2, 0.25) is 0 Å². The molecule has 0 aromatic heterocycles. The highest BCUT2D eigenvalue weighted by atomic mass is 16.2. The summed E-state index contributed by atoms with van der Waals surface area (Å²) in [4.78, 5) is 14.7.